The van der Waals surface area contributed by atoms with Gasteiger partial charge in [-0.05, 0) is 49.7 Å². The molecule has 0 atom stereocenters. The predicted octanol–water partition coefficient (Wildman–Crippen LogP) is 3.83. The number of para-hydroxylation sites is 1. The van der Waals surface area contributed by atoms with Crippen LogP contribution < -0.4 is 15.0 Å². The number of rotatable bonds is 5. The minimum atomic E-state index is -0.549. The van der Waals surface area contributed by atoms with Crippen LogP contribution in [0.5, 0.6) is 5.75 Å². The van der Waals surface area contributed by atoms with Gasteiger partial charge in [0.05, 0.1) is 12.3 Å². The van der Waals surface area contributed by atoms with Gasteiger partial charge in [-0.3, -0.25) is 9.59 Å². The smallest absolute Gasteiger partial charge is 0.283 e. The molecule has 0 radical (unpaired) electrons. The molecular formula is C19H17ClN2O3. The second kappa shape index (κ2) is 6.99. The van der Waals surface area contributed by atoms with E-state index in [0.717, 1.165) is 16.2 Å². The molecule has 0 fully saturated rings. The lowest BCUT2D eigenvalue weighted by Gasteiger charge is -2.16. The van der Waals surface area contributed by atoms with E-state index in [1.54, 1.807) is 24.3 Å². The molecular weight excluding hydrogens is 340 g/mol. The van der Waals surface area contributed by atoms with Gasteiger partial charge in [0.15, 0.2) is 0 Å². The molecule has 0 aliphatic carbocycles. The minimum absolute atomic E-state index is 0.0786. The Balaban J connectivity index is 1.87. The summed E-state index contributed by atoms with van der Waals surface area (Å²) >= 11 is 6.13. The van der Waals surface area contributed by atoms with Gasteiger partial charge in [0.1, 0.15) is 16.5 Å². The van der Waals surface area contributed by atoms with Gasteiger partial charge in [-0.2, -0.15) is 0 Å². The number of halogens is 1. The zero-order chi connectivity index (χ0) is 18.0. The van der Waals surface area contributed by atoms with Crippen LogP contribution in [0.15, 0.2) is 59.3 Å². The van der Waals surface area contributed by atoms with Crippen molar-refractivity contribution in [2.45, 2.75) is 13.8 Å². The van der Waals surface area contributed by atoms with Crippen LogP contribution in [0.25, 0.3) is 0 Å². The summed E-state index contributed by atoms with van der Waals surface area (Å²) in [6.07, 6.45) is 0. The largest absolute Gasteiger partial charge is 0.494 e. The van der Waals surface area contributed by atoms with Crippen molar-refractivity contribution in [2.24, 2.45) is 0 Å². The lowest BCUT2D eigenvalue weighted by atomic mass is 10.2. The van der Waals surface area contributed by atoms with Gasteiger partial charge >= 0.3 is 0 Å². The van der Waals surface area contributed by atoms with Crippen molar-refractivity contribution in [3.8, 4) is 5.75 Å². The van der Waals surface area contributed by atoms with Crippen LogP contribution in [0.1, 0.15) is 12.5 Å². The molecule has 0 saturated carbocycles. The molecule has 1 aliphatic heterocycles. The minimum Gasteiger partial charge on any atom is -0.494 e. The summed E-state index contributed by atoms with van der Waals surface area (Å²) in [5, 5.41) is 2.86. The summed E-state index contributed by atoms with van der Waals surface area (Å²) in [4.78, 5) is 26.2. The number of hydrogen-bond acceptors (Lipinski definition) is 4. The zero-order valence-corrected chi connectivity index (χ0v) is 14.6. The SMILES string of the molecule is CCOc1ccc(N2C(=O)C(Cl)=C(Nc3ccccc3C)C2=O)cc1. The molecule has 128 valence electrons. The van der Waals surface area contributed by atoms with E-state index in [-0.39, 0.29) is 10.7 Å². The lowest BCUT2D eigenvalue weighted by Crippen LogP contribution is -2.32. The molecule has 2 amide bonds. The van der Waals surface area contributed by atoms with Crippen LogP contribution in [0.3, 0.4) is 0 Å². The third kappa shape index (κ3) is 3.23. The van der Waals surface area contributed by atoms with Gasteiger partial charge in [0.25, 0.3) is 11.8 Å². The molecule has 2 aromatic rings. The Kier molecular flexibility index (Phi) is 4.76. The number of nitrogens with zero attached hydrogens (tertiary/aromatic N) is 1. The first-order valence-electron chi connectivity index (χ1n) is 7.87. The molecule has 0 spiro atoms. The highest BCUT2D eigenvalue weighted by Gasteiger charge is 2.39. The third-order valence-corrected chi connectivity index (χ3v) is 4.19. The Bertz CT molecular complexity index is 859. The summed E-state index contributed by atoms with van der Waals surface area (Å²) in [5.41, 5.74) is 2.19. The molecule has 0 bridgehead atoms. The lowest BCUT2D eigenvalue weighted by molar-refractivity contribution is -0.120. The van der Waals surface area contributed by atoms with Gasteiger partial charge in [0.2, 0.25) is 0 Å². The van der Waals surface area contributed by atoms with E-state index in [0.29, 0.717) is 18.0 Å². The highest BCUT2D eigenvalue weighted by atomic mass is 35.5. The van der Waals surface area contributed by atoms with Crippen LogP contribution in [0.2, 0.25) is 0 Å². The van der Waals surface area contributed by atoms with Crippen LogP contribution in [0, 0.1) is 6.92 Å². The maximum absolute atomic E-state index is 12.7. The van der Waals surface area contributed by atoms with Crippen molar-refractivity contribution < 1.29 is 14.3 Å². The first-order valence-corrected chi connectivity index (χ1v) is 8.24. The standard InChI is InChI=1S/C19H17ClN2O3/c1-3-25-14-10-8-13(9-11-14)22-18(23)16(20)17(19(22)24)21-15-7-5-4-6-12(15)2/h4-11,21H,3H2,1-2H3. The fourth-order valence-electron chi connectivity index (χ4n) is 2.55. The van der Waals surface area contributed by atoms with Crippen molar-refractivity contribution in [1.82, 2.24) is 0 Å². The highest BCUT2D eigenvalue weighted by Crippen LogP contribution is 2.31. The second-order valence-electron chi connectivity index (χ2n) is 5.50. The molecule has 3 rings (SSSR count). The van der Waals surface area contributed by atoms with Crippen LogP contribution in [0.4, 0.5) is 11.4 Å². The van der Waals surface area contributed by atoms with Gasteiger partial charge in [0, 0.05) is 5.69 Å². The average molecular weight is 357 g/mol. The van der Waals surface area contributed by atoms with Gasteiger partial charge < -0.3 is 10.1 Å². The number of aryl methyl sites for hydroxylation is 1. The number of nitrogens with one attached hydrogen (secondary N) is 1. The number of carbonyl (C=O) groups excluding carboxylic acids is 2. The van der Waals surface area contributed by atoms with Gasteiger partial charge in [-0.25, -0.2) is 4.90 Å². The Morgan fingerprint density at radius 2 is 1.72 bits per heavy atom. The average Bonchev–Trinajstić information content (AvgIpc) is 2.81. The Morgan fingerprint density at radius 1 is 1.04 bits per heavy atom. The van der Waals surface area contributed by atoms with E-state index in [1.807, 2.05) is 38.1 Å². The van der Waals surface area contributed by atoms with E-state index in [4.69, 9.17) is 16.3 Å². The number of carbonyl (C=O) groups is 2. The maximum Gasteiger partial charge on any atom is 0.283 e. The monoisotopic (exact) mass is 356 g/mol. The van der Waals surface area contributed by atoms with E-state index < -0.39 is 11.8 Å². The summed E-state index contributed by atoms with van der Waals surface area (Å²) < 4.78 is 5.37. The topological polar surface area (TPSA) is 58.6 Å². The Labute approximate surface area is 150 Å². The molecule has 0 aromatic heterocycles. The first kappa shape index (κ1) is 17.0. The second-order valence-corrected chi connectivity index (χ2v) is 5.88. The number of anilines is 2. The quantitative estimate of drug-likeness (QED) is 0.827. The molecule has 2 aromatic carbocycles. The van der Waals surface area contributed by atoms with Crippen molar-refractivity contribution in [1.29, 1.82) is 0 Å². The Hall–Kier alpha value is -2.79. The normalized spacial score (nSPS) is 14.3. The van der Waals surface area contributed by atoms with Crippen LogP contribution in [-0.2, 0) is 9.59 Å². The number of amides is 2. The fourth-order valence-corrected chi connectivity index (χ4v) is 2.76. The van der Waals surface area contributed by atoms with E-state index in [9.17, 15) is 9.59 Å². The van der Waals surface area contributed by atoms with Crippen LogP contribution in [-0.4, -0.2) is 18.4 Å². The predicted molar refractivity (Wildman–Crippen MR) is 97.8 cm³/mol. The van der Waals surface area contributed by atoms with E-state index in [2.05, 4.69) is 5.32 Å². The van der Waals surface area contributed by atoms with Crippen molar-refractivity contribution in [3.05, 3.63) is 64.8 Å². The molecule has 1 N–H and O–H groups in total. The van der Waals surface area contributed by atoms with Crippen LogP contribution >= 0.6 is 11.6 Å². The maximum atomic E-state index is 12.7. The number of benzene rings is 2. The first-order chi connectivity index (χ1) is 12.0. The van der Waals surface area contributed by atoms with Crippen molar-refractivity contribution >= 4 is 34.8 Å². The molecule has 1 heterocycles. The Morgan fingerprint density at radius 3 is 2.36 bits per heavy atom. The van der Waals surface area contributed by atoms with Crippen molar-refractivity contribution in [3.63, 3.8) is 0 Å². The number of hydrogen-bond donors (Lipinski definition) is 1. The van der Waals surface area contributed by atoms with Gasteiger partial charge in [-0.1, -0.05) is 29.8 Å². The summed E-state index contributed by atoms with van der Waals surface area (Å²) in [6, 6.07) is 14.2. The van der Waals surface area contributed by atoms with E-state index >= 15 is 0 Å². The van der Waals surface area contributed by atoms with Crippen molar-refractivity contribution in [2.75, 3.05) is 16.8 Å². The molecule has 0 unspecified atom stereocenters. The third-order valence-electron chi connectivity index (χ3n) is 3.84. The van der Waals surface area contributed by atoms with E-state index in [1.165, 1.54) is 0 Å². The molecule has 25 heavy (non-hydrogen) atoms. The summed E-state index contributed by atoms with van der Waals surface area (Å²) in [7, 11) is 0. The zero-order valence-electron chi connectivity index (χ0n) is 13.9. The fraction of sp³-hybridized carbons (Fsp3) is 0.158. The number of imide groups is 1. The molecule has 6 heteroatoms. The van der Waals surface area contributed by atoms with Gasteiger partial charge in [-0.15, -0.1) is 0 Å². The molecule has 5 nitrogen and oxygen atoms in total. The summed E-state index contributed by atoms with van der Waals surface area (Å²) in [5.74, 6) is -0.364. The highest BCUT2D eigenvalue weighted by molar-refractivity contribution is 6.53. The molecule has 1 aliphatic rings. The number of ether oxygens (including phenoxy) is 1. The molecule has 0 saturated heterocycles. The summed E-state index contributed by atoms with van der Waals surface area (Å²) in [6.45, 7) is 4.33.